The molecule has 1 heterocycles. The fourth-order valence-corrected chi connectivity index (χ4v) is 1.97. The zero-order chi connectivity index (χ0) is 11.0. The second-order valence-electron chi connectivity index (χ2n) is 2.96. The quantitative estimate of drug-likeness (QED) is 0.547. The number of allylic oxidation sites excluding steroid dienone is 1. The molecule has 0 amide bonds. The van der Waals surface area contributed by atoms with Crippen molar-refractivity contribution < 1.29 is 8.42 Å². The highest BCUT2D eigenvalue weighted by Gasteiger charge is 2.16. The van der Waals surface area contributed by atoms with Crippen LogP contribution in [0.4, 0.5) is 0 Å². The second kappa shape index (κ2) is 3.35. The average molecular weight is 226 g/mol. The standard InChI is InChI=1S/C8H6N2O4S/c11-7-4-2-1-3-5(15(13)14)6(4)9-8(12)10-7/h1-2H,3H2,(H2,9,10,11,12). The van der Waals surface area contributed by atoms with Crippen LogP contribution in [-0.2, 0) is 10.3 Å². The summed E-state index contributed by atoms with van der Waals surface area (Å²) >= 11 is 0. The van der Waals surface area contributed by atoms with E-state index in [1.807, 2.05) is 4.98 Å². The van der Waals surface area contributed by atoms with Gasteiger partial charge >= 0.3 is 5.69 Å². The monoisotopic (exact) mass is 226 g/mol. The lowest BCUT2D eigenvalue weighted by Crippen LogP contribution is -2.29. The first-order chi connectivity index (χ1) is 7.09. The summed E-state index contributed by atoms with van der Waals surface area (Å²) in [5.41, 5.74) is -1.05. The van der Waals surface area contributed by atoms with Gasteiger partial charge in [-0.25, -0.2) is 4.79 Å². The van der Waals surface area contributed by atoms with Crippen molar-refractivity contribution in [2.75, 3.05) is 0 Å². The van der Waals surface area contributed by atoms with Gasteiger partial charge in [-0.3, -0.25) is 9.78 Å². The predicted octanol–water partition coefficient (Wildman–Crippen LogP) is -1.12. The van der Waals surface area contributed by atoms with Crippen molar-refractivity contribution in [3.05, 3.63) is 38.2 Å². The van der Waals surface area contributed by atoms with E-state index in [9.17, 15) is 18.0 Å². The molecule has 0 unspecified atom stereocenters. The molecule has 0 spiro atoms. The molecule has 1 aromatic heterocycles. The first-order valence-corrected chi connectivity index (χ1v) is 5.15. The van der Waals surface area contributed by atoms with Gasteiger partial charge in [0, 0.05) is 6.42 Å². The van der Waals surface area contributed by atoms with Crippen molar-refractivity contribution in [3.8, 4) is 0 Å². The minimum absolute atomic E-state index is 0.0238. The van der Waals surface area contributed by atoms with Gasteiger partial charge < -0.3 is 4.98 Å². The molecule has 1 aromatic rings. The molecule has 0 aliphatic heterocycles. The number of H-pyrrole nitrogens is 2. The maximum Gasteiger partial charge on any atom is 0.326 e. The molecule has 0 saturated heterocycles. The molecular formula is C8H6N2O4S. The Morgan fingerprint density at radius 3 is 2.60 bits per heavy atom. The Morgan fingerprint density at radius 1 is 1.20 bits per heavy atom. The minimum Gasteiger partial charge on any atom is -0.306 e. The van der Waals surface area contributed by atoms with Gasteiger partial charge in [0.05, 0.1) is 11.3 Å². The van der Waals surface area contributed by atoms with Crippen molar-refractivity contribution in [1.82, 2.24) is 9.97 Å². The third-order valence-electron chi connectivity index (χ3n) is 2.05. The lowest BCUT2D eigenvalue weighted by molar-refractivity contribution is 0.627. The minimum atomic E-state index is -2.44. The number of fused-ring (bicyclic) bond motifs is 1. The summed E-state index contributed by atoms with van der Waals surface area (Å²) in [7, 11) is -2.44. The molecule has 6 nitrogen and oxygen atoms in total. The molecule has 0 radical (unpaired) electrons. The Labute approximate surface area is 84.8 Å². The van der Waals surface area contributed by atoms with E-state index >= 15 is 0 Å². The lowest BCUT2D eigenvalue weighted by Gasteiger charge is -2.07. The van der Waals surface area contributed by atoms with Gasteiger partial charge in [0.15, 0.2) is 0 Å². The molecular weight excluding hydrogens is 220 g/mol. The normalized spacial score (nSPS) is 13.7. The topological polar surface area (TPSA) is 99.9 Å². The summed E-state index contributed by atoms with van der Waals surface area (Å²) < 4.78 is 21.7. The van der Waals surface area contributed by atoms with E-state index in [0.717, 1.165) is 0 Å². The molecule has 0 aromatic carbocycles. The summed E-state index contributed by atoms with van der Waals surface area (Å²) in [5, 5.41) is 0. The Bertz CT molecular complexity index is 682. The van der Waals surface area contributed by atoms with E-state index in [1.165, 1.54) is 6.08 Å². The van der Waals surface area contributed by atoms with E-state index in [1.54, 1.807) is 6.08 Å². The third-order valence-corrected chi connectivity index (χ3v) is 2.82. The number of aromatic amines is 2. The molecule has 1 aliphatic rings. The molecule has 78 valence electrons. The smallest absolute Gasteiger partial charge is 0.306 e. The van der Waals surface area contributed by atoms with Gasteiger partial charge in [-0.1, -0.05) is 12.2 Å². The molecule has 0 bridgehead atoms. The molecule has 0 saturated carbocycles. The number of aromatic nitrogens is 2. The summed E-state index contributed by atoms with van der Waals surface area (Å²) in [6.45, 7) is 0. The van der Waals surface area contributed by atoms with Crippen LogP contribution in [0.1, 0.15) is 17.7 Å². The SMILES string of the molecule is O=c1[nH]c2c(c(=O)[nH]1)C=CCC2=S(=O)=O. The number of hydrogen-bond acceptors (Lipinski definition) is 4. The second-order valence-corrected chi connectivity index (χ2v) is 3.92. The zero-order valence-electron chi connectivity index (χ0n) is 7.40. The molecule has 0 fully saturated rings. The van der Waals surface area contributed by atoms with Crippen molar-refractivity contribution in [1.29, 1.82) is 0 Å². The number of rotatable bonds is 0. The molecule has 15 heavy (non-hydrogen) atoms. The van der Waals surface area contributed by atoms with Crippen LogP contribution in [0.5, 0.6) is 0 Å². The van der Waals surface area contributed by atoms with Crippen LogP contribution in [0.2, 0.25) is 0 Å². The highest BCUT2D eigenvalue weighted by molar-refractivity contribution is 7.73. The van der Waals surface area contributed by atoms with Crippen molar-refractivity contribution >= 4 is 21.2 Å². The van der Waals surface area contributed by atoms with Crippen LogP contribution in [0.25, 0.3) is 6.08 Å². The predicted molar refractivity (Wildman–Crippen MR) is 54.4 cm³/mol. The molecule has 2 rings (SSSR count). The Kier molecular flexibility index (Phi) is 2.16. The summed E-state index contributed by atoms with van der Waals surface area (Å²) in [6.07, 6.45) is 3.23. The highest BCUT2D eigenvalue weighted by Crippen LogP contribution is 2.11. The van der Waals surface area contributed by atoms with Gasteiger partial charge in [0.1, 0.15) is 4.86 Å². The van der Waals surface area contributed by atoms with Crippen LogP contribution in [0, 0.1) is 0 Å². The number of hydrogen-bond donors (Lipinski definition) is 2. The maximum absolute atomic E-state index is 11.3. The van der Waals surface area contributed by atoms with Crippen LogP contribution < -0.4 is 11.2 Å². The third kappa shape index (κ3) is 1.57. The Balaban J connectivity index is 2.97. The van der Waals surface area contributed by atoms with E-state index in [0.29, 0.717) is 0 Å². The Morgan fingerprint density at radius 2 is 1.93 bits per heavy atom. The van der Waals surface area contributed by atoms with E-state index in [2.05, 4.69) is 4.98 Å². The Hall–Kier alpha value is -1.89. The number of nitrogens with one attached hydrogen (secondary N) is 2. The zero-order valence-corrected chi connectivity index (χ0v) is 8.22. The van der Waals surface area contributed by atoms with E-state index in [-0.39, 0.29) is 22.5 Å². The fraction of sp³-hybridized carbons (Fsp3) is 0.125. The van der Waals surface area contributed by atoms with Crippen LogP contribution in [0.3, 0.4) is 0 Å². The van der Waals surface area contributed by atoms with E-state index in [4.69, 9.17) is 0 Å². The van der Waals surface area contributed by atoms with Crippen LogP contribution >= 0.6 is 0 Å². The molecule has 2 N–H and O–H groups in total. The van der Waals surface area contributed by atoms with Crippen molar-refractivity contribution in [2.45, 2.75) is 6.42 Å². The summed E-state index contributed by atoms with van der Waals surface area (Å²) in [6, 6.07) is 0. The van der Waals surface area contributed by atoms with Crippen LogP contribution in [-0.4, -0.2) is 23.3 Å². The lowest BCUT2D eigenvalue weighted by atomic mass is 10.0. The van der Waals surface area contributed by atoms with Gasteiger partial charge in [0.2, 0.25) is 10.3 Å². The molecule has 7 heteroatoms. The average Bonchev–Trinajstić information content (AvgIpc) is 2.16. The molecule has 0 atom stereocenters. The summed E-state index contributed by atoms with van der Waals surface area (Å²) in [4.78, 5) is 26.6. The highest BCUT2D eigenvalue weighted by atomic mass is 32.2. The van der Waals surface area contributed by atoms with Gasteiger partial charge in [-0.2, -0.15) is 8.42 Å². The summed E-state index contributed by atoms with van der Waals surface area (Å²) in [5.74, 6) is 0. The van der Waals surface area contributed by atoms with Gasteiger partial charge in [-0.15, -0.1) is 0 Å². The first kappa shape index (κ1) is 9.66. The van der Waals surface area contributed by atoms with Gasteiger partial charge in [0.25, 0.3) is 5.56 Å². The van der Waals surface area contributed by atoms with Gasteiger partial charge in [-0.05, 0) is 0 Å². The maximum atomic E-state index is 11.3. The largest absolute Gasteiger partial charge is 0.326 e. The van der Waals surface area contributed by atoms with Crippen LogP contribution in [0.15, 0.2) is 15.7 Å². The van der Waals surface area contributed by atoms with Crippen molar-refractivity contribution in [3.63, 3.8) is 0 Å². The van der Waals surface area contributed by atoms with Crippen molar-refractivity contribution in [2.24, 2.45) is 0 Å². The first-order valence-electron chi connectivity index (χ1n) is 4.08. The van der Waals surface area contributed by atoms with E-state index < -0.39 is 21.5 Å². The fourth-order valence-electron chi connectivity index (χ4n) is 1.41. The molecule has 1 aliphatic carbocycles.